The molecule has 2 aliphatic carbocycles. The highest BCUT2D eigenvalue weighted by atomic mass is 19.1. The van der Waals surface area contributed by atoms with Gasteiger partial charge in [0, 0.05) is 0 Å². The molecule has 2 saturated carbocycles. The van der Waals surface area contributed by atoms with E-state index in [1.807, 2.05) is 6.07 Å². The summed E-state index contributed by atoms with van der Waals surface area (Å²) in [7, 11) is 0. The normalized spacial score (nSPS) is 24.3. The molecular weight excluding hydrogens is 458 g/mol. The van der Waals surface area contributed by atoms with E-state index >= 15 is 0 Å². The summed E-state index contributed by atoms with van der Waals surface area (Å²) in [5.74, 6) is 3.22. The fourth-order valence-corrected chi connectivity index (χ4v) is 7.01. The molecule has 0 atom stereocenters. The number of alkyl halides is 1. The maximum absolute atomic E-state index is 15.0. The maximum Gasteiger partial charge on any atom is 0.127 e. The average Bonchev–Trinajstić information content (AvgIpc) is 2.95. The maximum atomic E-state index is 15.0. The van der Waals surface area contributed by atoms with Crippen molar-refractivity contribution in [1.29, 1.82) is 0 Å². The lowest BCUT2D eigenvalue weighted by Gasteiger charge is -2.29. The molecule has 0 nitrogen and oxygen atoms in total. The van der Waals surface area contributed by atoms with Gasteiger partial charge in [-0.1, -0.05) is 108 Å². The topological polar surface area (TPSA) is 0 Å². The smallest absolute Gasteiger partial charge is 0.127 e. The Bertz CT molecular complexity index is 901. The molecular formula is C35H50F2. The molecule has 0 aliphatic heterocycles. The fourth-order valence-electron chi connectivity index (χ4n) is 7.01. The quantitative estimate of drug-likeness (QED) is 0.236. The van der Waals surface area contributed by atoms with Crippen LogP contribution < -0.4 is 0 Å². The van der Waals surface area contributed by atoms with Crippen molar-refractivity contribution < 1.29 is 8.78 Å². The van der Waals surface area contributed by atoms with E-state index in [2.05, 4.69) is 37.3 Å². The Morgan fingerprint density at radius 1 is 0.649 bits per heavy atom. The Kier molecular flexibility index (Phi) is 11.5. The Labute approximate surface area is 225 Å². The molecule has 0 unspecified atom stereocenters. The minimum Gasteiger partial charge on any atom is -0.251 e. The van der Waals surface area contributed by atoms with Crippen LogP contribution in [0.25, 0.3) is 11.1 Å². The zero-order chi connectivity index (χ0) is 25.9. The van der Waals surface area contributed by atoms with Gasteiger partial charge in [0.25, 0.3) is 0 Å². The van der Waals surface area contributed by atoms with E-state index in [4.69, 9.17) is 0 Å². The van der Waals surface area contributed by atoms with Crippen molar-refractivity contribution in [3.63, 3.8) is 0 Å². The van der Waals surface area contributed by atoms with Crippen molar-refractivity contribution in [2.75, 3.05) is 6.67 Å². The van der Waals surface area contributed by atoms with Crippen LogP contribution in [0.15, 0.2) is 42.5 Å². The van der Waals surface area contributed by atoms with E-state index in [1.54, 1.807) is 6.07 Å². The van der Waals surface area contributed by atoms with Crippen LogP contribution >= 0.6 is 0 Å². The van der Waals surface area contributed by atoms with E-state index in [0.29, 0.717) is 5.92 Å². The van der Waals surface area contributed by atoms with Crippen LogP contribution in [0.4, 0.5) is 8.78 Å². The van der Waals surface area contributed by atoms with Gasteiger partial charge in [-0.15, -0.1) is 0 Å². The Morgan fingerprint density at radius 2 is 1.24 bits per heavy atom. The molecule has 0 spiro atoms. The second-order valence-electron chi connectivity index (χ2n) is 12.2. The molecule has 0 bridgehead atoms. The summed E-state index contributed by atoms with van der Waals surface area (Å²) in [5.41, 5.74) is 4.44. The molecule has 37 heavy (non-hydrogen) atoms. The third kappa shape index (κ3) is 8.66. The zero-order valence-electron chi connectivity index (χ0n) is 23.3. The van der Waals surface area contributed by atoms with Gasteiger partial charge in [-0.2, -0.15) is 0 Å². The van der Waals surface area contributed by atoms with Gasteiger partial charge in [0.1, 0.15) is 5.82 Å². The highest BCUT2D eigenvalue weighted by Crippen LogP contribution is 2.38. The van der Waals surface area contributed by atoms with Crippen LogP contribution in [0, 0.1) is 23.6 Å². The molecule has 2 aromatic rings. The number of hydrogen-bond donors (Lipinski definition) is 0. The Hall–Kier alpha value is -1.70. The Morgan fingerprint density at radius 3 is 1.92 bits per heavy atom. The lowest BCUT2D eigenvalue weighted by atomic mass is 9.77. The van der Waals surface area contributed by atoms with E-state index in [-0.39, 0.29) is 12.5 Å². The highest BCUT2D eigenvalue weighted by Gasteiger charge is 2.22. The van der Waals surface area contributed by atoms with Gasteiger partial charge >= 0.3 is 0 Å². The number of halogens is 2. The first-order valence-corrected chi connectivity index (χ1v) is 15.6. The first-order chi connectivity index (χ1) is 18.2. The third-order valence-corrected chi connectivity index (χ3v) is 9.73. The van der Waals surface area contributed by atoms with Crippen molar-refractivity contribution in [3.8, 4) is 11.1 Å². The second kappa shape index (κ2) is 15.0. The Balaban J connectivity index is 1.21. The summed E-state index contributed by atoms with van der Waals surface area (Å²) < 4.78 is 27.2. The lowest BCUT2D eigenvalue weighted by Crippen LogP contribution is -2.14. The van der Waals surface area contributed by atoms with Gasteiger partial charge in [-0.05, 0) is 96.9 Å². The van der Waals surface area contributed by atoms with Crippen molar-refractivity contribution in [2.45, 2.75) is 122 Å². The lowest BCUT2D eigenvalue weighted by molar-refractivity contribution is 0.258. The van der Waals surface area contributed by atoms with Crippen molar-refractivity contribution >= 4 is 0 Å². The number of benzene rings is 2. The SMILES string of the molecule is CC[C@H]1CC[C@H](CCc2ccc(-c3ccc([C@H]4CC[C@H](CCCCCCCF)CC4)cc3)cc2F)CC1. The number of hydrogen-bond acceptors (Lipinski definition) is 0. The molecule has 2 fully saturated rings. The van der Waals surface area contributed by atoms with E-state index < -0.39 is 0 Å². The minimum atomic E-state index is -0.159. The van der Waals surface area contributed by atoms with Crippen molar-refractivity contribution in [3.05, 3.63) is 59.4 Å². The van der Waals surface area contributed by atoms with Crippen LogP contribution in [0.5, 0.6) is 0 Å². The molecule has 2 aliphatic rings. The van der Waals surface area contributed by atoms with Crippen LogP contribution in [0.3, 0.4) is 0 Å². The van der Waals surface area contributed by atoms with Crippen molar-refractivity contribution in [1.82, 2.24) is 0 Å². The summed E-state index contributed by atoms with van der Waals surface area (Å²) in [6, 6.07) is 14.8. The monoisotopic (exact) mass is 508 g/mol. The molecule has 0 heterocycles. The van der Waals surface area contributed by atoms with Gasteiger partial charge in [-0.25, -0.2) is 4.39 Å². The van der Waals surface area contributed by atoms with Crippen LogP contribution in [-0.2, 0) is 6.42 Å². The largest absolute Gasteiger partial charge is 0.251 e. The molecule has 0 radical (unpaired) electrons. The molecule has 4 rings (SSSR count). The van der Waals surface area contributed by atoms with Gasteiger partial charge in [0.2, 0.25) is 0 Å². The van der Waals surface area contributed by atoms with E-state index in [9.17, 15) is 8.78 Å². The van der Waals surface area contributed by atoms with E-state index in [0.717, 1.165) is 60.1 Å². The molecule has 0 aromatic heterocycles. The average molecular weight is 509 g/mol. The van der Waals surface area contributed by atoms with E-state index in [1.165, 1.54) is 89.0 Å². The van der Waals surface area contributed by atoms with Crippen molar-refractivity contribution in [2.24, 2.45) is 17.8 Å². The van der Waals surface area contributed by atoms with Crippen LogP contribution in [-0.4, -0.2) is 6.67 Å². The molecule has 204 valence electrons. The molecule has 2 aromatic carbocycles. The van der Waals surface area contributed by atoms with Gasteiger partial charge in [0.05, 0.1) is 6.67 Å². The van der Waals surface area contributed by atoms with Gasteiger partial charge in [0.15, 0.2) is 0 Å². The van der Waals surface area contributed by atoms with Gasteiger partial charge < -0.3 is 0 Å². The standard InChI is InChI=1S/C35H50F2/c1-2-27-9-11-29(12-10-27)15-18-33-23-24-34(26-35(33)37)32-21-19-31(20-22-32)30-16-13-28(14-17-30)8-6-4-3-5-7-25-36/h19-24,26-30H,2-18,25H2,1H3/t27-,28-,29-,30-. The predicted molar refractivity (Wildman–Crippen MR) is 154 cm³/mol. The first kappa shape index (κ1) is 28.3. The summed E-state index contributed by atoms with van der Waals surface area (Å²) >= 11 is 0. The molecule has 0 N–H and O–H groups in total. The highest BCUT2D eigenvalue weighted by molar-refractivity contribution is 5.64. The first-order valence-electron chi connectivity index (χ1n) is 15.6. The minimum absolute atomic E-state index is 0.0374. The van der Waals surface area contributed by atoms with Crippen LogP contribution in [0.2, 0.25) is 0 Å². The van der Waals surface area contributed by atoms with Gasteiger partial charge in [-0.3, -0.25) is 4.39 Å². The fraction of sp³-hybridized carbons (Fsp3) is 0.657. The molecule has 0 amide bonds. The zero-order valence-corrected chi connectivity index (χ0v) is 23.3. The summed E-state index contributed by atoms with van der Waals surface area (Å²) in [5, 5.41) is 0. The second-order valence-corrected chi connectivity index (χ2v) is 12.2. The van der Waals surface area contributed by atoms with Crippen LogP contribution in [0.1, 0.15) is 127 Å². The third-order valence-electron chi connectivity index (χ3n) is 9.73. The number of aryl methyl sites for hydroxylation is 1. The summed E-state index contributed by atoms with van der Waals surface area (Å²) in [4.78, 5) is 0. The number of rotatable bonds is 13. The summed E-state index contributed by atoms with van der Waals surface area (Å²) in [6.45, 7) is 2.15. The number of unbranched alkanes of at least 4 members (excludes halogenated alkanes) is 4. The molecule has 2 heteroatoms. The summed E-state index contributed by atoms with van der Waals surface area (Å²) in [6.07, 6.45) is 20.9. The predicted octanol–water partition coefficient (Wildman–Crippen LogP) is 11.2. The molecule has 0 saturated heterocycles.